The smallest absolute Gasteiger partial charge is 0.161 e. The van der Waals surface area contributed by atoms with Crippen LogP contribution in [-0.2, 0) is 4.79 Å². The number of methoxy groups -OCH3 is 1. The highest BCUT2D eigenvalue weighted by Gasteiger charge is 2.27. The molecule has 1 saturated heterocycles. The molecule has 3 heterocycles. The van der Waals surface area contributed by atoms with Crippen LogP contribution in [0, 0.1) is 0 Å². The Bertz CT molecular complexity index is 1000. The fourth-order valence-electron chi connectivity index (χ4n) is 3.51. The third-order valence-electron chi connectivity index (χ3n) is 4.99. The van der Waals surface area contributed by atoms with Crippen LogP contribution in [0.15, 0.2) is 36.7 Å². The number of hydrogen-bond donors (Lipinski definition) is 1. The van der Waals surface area contributed by atoms with E-state index >= 15 is 0 Å². The molecule has 1 unspecified atom stereocenters. The van der Waals surface area contributed by atoms with Gasteiger partial charge in [0.1, 0.15) is 17.0 Å². The summed E-state index contributed by atoms with van der Waals surface area (Å²) in [6.07, 6.45) is 3.28. The number of nitrogens with zero attached hydrogens (tertiary/aromatic N) is 5. The van der Waals surface area contributed by atoms with Crippen LogP contribution in [0.5, 0.6) is 11.5 Å². The topological polar surface area (TPSA) is 83.7 Å². The molecule has 0 radical (unpaired) electrons. The van der Waals surface area contributed by atoms with Gasteiger partial charge in [-0.1, -0.05) is 11.6 Å². The van der Waals surface area contributed by atoms with E-state index in [2.05, 4.69) is 19.9 Å². The van der Waals surface area contributed by atoms with Gasteiger partial charge in [0.25, 0.3) is 0 Å². The summed E-state index contributed by atoms with van der Waals surface area (Å²) in [6, 6.07) is 7.28. The van der Waals surface area contributed by atoms with Gasteiger partial charge < -0.3 is 14.7 Å². The number of benzene rings is 1. The van der Waals surface area contributed by atoms with Crippen molar-refractivity contribution in [1.29, 1.82) is 0 Å². The highest BCUT2D eigenvalue weighted by Crippen LogP contribution is 2.30. The first-order chi connectivity index (χ1) is 13.6. The molecule has 0 saturated carbocycles. The minimum Gasteiger partial charge on any atom is -0.506 e. The first-order valence-corrected chi connectivity index (χ1v) is 9.28. The molecule has 4 rings (SSSR count). The van der Waals surface area contributed by atoms with Crippen LogP contribution < -0.4 is 9.64 Å². The minimum atomic E-state index is -0.553. The standard InChI is InChI=1S/C19H20ClN5O3/c1-28-18-8-13(2-3-15(18)20)23-4-6-24(7-5-23)19(12-26)25-17-9-14(27)10-21-16(17)11-22-25/h2-3,8-12,19,27H,4-7H2,1H3. The fourth-order valence-corrected chi connectivity index (χ4v) is 3.71. The zero-order chi connectivity index (χ0) is 19.7. The van der Waals surface area contributed by atoms with Crippen LogP contribution in [0.1, 0.15) is 6.17 Å². The van der Waals surface area contributed by atoms with Crippen molar-refractivity contribution in [3.8, 4) is 11.5 Å². The third kappa shape index (κ3) is 3.36. The first kappa shape index (κ1) is 18.5. The number of anilines is 1. The van der Waals surface area contributed by atoms with E-state index in [-0.39, 0.29) is 5.75 Å². The number of hydrogen-bond acceptors (Lipinski definition) is 7. The first-order valence-electron chi connectivity index (χ1n) is 8.91. The molecule has 8 nitrogen and oxygen atoms in total. The largest absolute Gasteiger partial charge is 0.506 e. The highest BCUT2D eigenvalue weighted by atomic mass is 35.5. The number of aldehydes is 1. The predicted octanol–water partition coefficient (Wildman–Crippen LogP) is 2.32. The second-order valence-electron chi connectivity index (χ2n) is 6.58. The summed E-state index contributed by atoms with van der Waals surface area (Å²) in [6.45, 7) is 2.86. The van der Waals surface area contributed by atoms with Crippen LogP contribution >= 0.6 is 11.6 Å². The van der Waals surface area contributed by atoms with Crippen molar-refractivity contribution in [2.45, 2.75) is 6.17 Å². The van der Waals surface area contributed by atoms with E-state index in [9.17, 15) is 9.90 Å². The average molecular weight is 402 g/mol. The molecule has 28 heavy (non-hydrogen) atoms. The van der Waals surface area contributed by atoms with Gasteiger partial charge >= 0.3 is 0 Å². The van der Waals surface area contributed by atoms with Crippen LogP contribution in [0.25, 0.3) is 11.0 Å². The van der Waals surface area contributed by atoms with Crippen molar-refractivity contribution in [2.24, 2.45) is 0 Å². The lowest BCUT2D eigenvalue weighted by Crippen LogP contribution is -2.49. The van der Waals surface area contributed by atoms with E-state index in [0.29, 0.717) is 34.9 Å². The number of rotatable bonds is 5. The summed E-state index contributed by atoms with van der Waals surface area (Å²) in [5.74, 6) is 0.683. The molecule has 1 atom stereocenters. The number of carbonyl (C=O) groups excluding carboxylic acids is 1. The Morgan fingerprint density at radius 1 is 1.21 bits per heavy atom. The van der Waals surface area contributed by atoms with E-state index in [1.807, 2.05) is 18.2 Å². The van der Waals surface area contributed by atoms with Gasteiger partial charge in [-0.3, -0.25) is 9.69 Å². The van der Waals surface area contributed by atoms with Gasteiger partial charge in [-0.25, -0.2) is 9.67 Å². The summed E-state index contributed by atoms with van der Waals surface area (Å²) >= 11 is 6.11. The van der Waals surface area contributed by atoms with E-state index in [0.717, 1.165) is 25.1 Å². The molecule has 1 N–H and O–H groups in total. The Kier molecular flexibility index (Phi) is 5.06. The van der Waals surface area contributed by atoms with Crippen molar-refractivity contribution in [2.75, 3.05) is 38.2 Å². The second-order valence-corrected chi connectivity index (χ2v) is 6.99. The van der Waals surface area contributed by atoms with Gasteiger partial charge in [0.05, 0.1) is 30.0 Å². The Morgan fingerprint density at radius 3 is 2.71 bits per heavy atom. The number of ether oxygens (including phenoxy) is 1. The van der Waals surface area contributed by atoms with E-state index in [1.165, 1.54) is 6.20 Å². The molecule has 1 fully saturated rings. The normalized spacial score (nSPS) is 16.3. The molecule has 0 bridgehead atoms. The molecule has 1 aliphatic rings. The molecule has 1 aromatic carbocycles. The minimum absolute atomic E-state index is 0.0420. The van der Waals surface area contributed by atoms with Crippen molar-refractivity contribution in [3.05, 3.63) is 41.7 Å². The quantitative estimate of drug-likeness (QED) is 0.657. The van der Waals surface area contributed by atoms with Crippen LogP contribution in [0.2, 0.25) is 5.02 Å². The number of fused-ring (bicyclic) bond motifs is 1. The summed E-state index contributed by atoms with van der Waals surface area (Å²) in [5.41, 5.74) is 2.29. The fraction of sp³-hybridized carbons (Fsp3) is 0.316. The molecule has 0 amide bonds. The maximum atomic E-state index is 11.9. The number of halogens is 1. The van der Waals surface area contributed by atoms with Gasteiger partial charge in [0.2, 0.25) is 0 Å². The molecule has 1 aliphatic heterocycles. The lowest BCUT2D eigenvalue weighted by molar-refractivity contribution is -0.115. The SMILES string of the molecule is COc1cc(N2CCN(C(C=O)n3ncc4ncc(O)cc43)CC2)ccc1Cl. The number of piperazine rings is 1. The number of aromatic nitrogens is 3. The maximum Gasteiger partial charge on any atom is 0.161 e. The summed E-state index contributed by atoms with van der Waals surface area (Å²) in [5, 5.41) is 14.6. The van der Waals surface area contributed by atoms with Crippen LogP contribution in [0.3, 0.4) is 0 Å². The lowest BCUT2D eigenvalue weighted by atomic mass is 10.2. The summed E-state index contributed by atoms with van der Waals surface area (Å²) in [4.78, 5) is 20.3. The van der Waals surface area contributed by atoms with Gasteiger partial charge in [-0.05, 0) is 12.1 Å². The molecular formula is C19H20ClN5O3. The Hall–Kier alpha value is -2.84. The van der Waals surface area contributed by atoms with Gasteiger partial charge in [-0.15, -0.1) is 0 Å². The highest BCUT2D eigenvalue weighted by molar-refractivity contribution is 6.32. The predicted molar refractivity (Wildman–Crippen MR) is 106 cm³/mol. The second kappa shape index (κ2) is 7.65. The maximum absolute atomic E-state index is 11.9. The average Bonchev–Trinajstić information content (AvgIpc) is 3.12. The van der Waals surface area contributed by atoms with Crippen molar-refractivity contribution < 1.29 is 14.6 Å². The molecule has 9 heteroatoms. The summed E-state index contributed by atoms with van der Waals surface area (Å²) < 4.78 is 6.91. The zero-order valence-corrected chi connectivity index (χ0v) is 16.1. The molecular weight excluding hydrogens is 382 g/mol. The van der Waals surface area contributed by atoms with E-state index < -0.39 is 6.17 Å². The van der Waals surface area contributed by atoms with Gasteiger partial charge in [0, 0.05) is 44.0 Å². The lowest BCUT2D eigenvalue weighted by Gasteiger charge is -2.38. The van der Waals surface area contributed by atoms with Crippen LogP contribution in [0.4, 0.5) is 5.69 Å². The summed E-state index contributed by atoms with van der Waals surface area (Å²) in [7, 11) is 1.60. The van der Waals surface area contributed by atoms with Crippen LogP contribution in [-0.4, -0.2) is 64.3 Å². The van der Waals surface area contributed by atoms with E-state index in [1.54, 1.807) is 24.1 Å². The third-order valence-corrected chi connectivity index (χ3v) is 5.31. The Balaban J connectivity index is 1.52. The Labute approximate surface area is 166 Å². The van der Waals surface area contributed by atoms with E-state index in [4.69, 9.17) is 16.3 Å². The van der Waals surface area contributed by atoms with Gasteiger partial charge in [-0.2, -0.15) is 5.10 Å². The van der Waals surface area contributed by atoms with Gasteiger partial charge in [0.15, 0.2) is 12.5 Å². The number of carbonyl (C=O) groups is 1. The van der Waals surface area contributed by atoms with Crippen molar-refractivity contribution >= 4 is 34.6 Å². The Morgan fingerprint density at radius 2 is 2.00 bits per heavy atom. The number of pyridine rings is 1. The van der Waals surface area contributed by atoms with Crippen molar-refractivity contribution in [3.63, 3.8) is 0 Å². The molecule has 3 aromatic rings. The molecule has 2 aromatic heterocycles. The molecule has 146 valence electrons. The molecule has 0 spiro atoms. The van der Waals surface area contributed by atoms with Crippen molar-refractivity contribution in [1.82, 2.24) is 19.7 Å². The molecule has 0 aliphatic carbocycles. The number of aromatic hydroxyl groups is 1. The zero-order valence-electron chi connectivity index (χ0n) is 15.3. The monoisotopic (exact) mass is 401 g/mol.